The van der Waals surface area contributed by atoms with E-state index < -0.39 is 144 Å². The molecule has 0 atom stereocenters. The maximum Gasteiger partial charge on any atom is 0.213 e. The normalized spacial score (nSPS) is 11.6. The van der Waals surface area contributed by atoms with E-state index in [9.17, 15) is 52.7 Å². The third-order valence-corrected chi connectivity index (χ3v) is 10.2. The first kappa shape index (κ1) is 46.3. The van der Waals surface area contributed by atoms with E-state index in [-0.39, 0.29) is 0 Å². The van der Waals surface area contributed by atoms with Crippen molar-refractivity contribution < 1.29 is 92.4 Å². The molecular weight excluding hydrogens is 917 g/mol. The fourth-order valence-electron chi connectivity index (χ4n) is 7.08. The zero-order valence-corrected chi connectivity index (χ0v) is 31.0. The highest BCUT2D eigenvalue weighted by atomic mass is 32.1. The molecule has 0 N–H and O–H groups in total. The van der Waals surface area contributed by atoms with E-state index in [1.807, 2.05) is 18.2 Å². The Labute approximate surface area is 343 Å². The van der Waals surface area contributed by atoms with Crippen LogP contribution in [0.25, 0.3) is 10.9 Å². The summed E-state index contributed by atoms with van der Waals surface area (Å²) in [5.74, 6) is -71.4. The van der Waals surface area contributed by atoms with Crippen molar-refractivity contribution in [1.82, 2.24) is 0 Å². The van der Waals surface area contributed by atoms with E-state index in [0.29, 0.717) is 0 Å². The zero-order chi connectivity index (χ0) is 46.7. The van der Waals surface area contributed by atoms with Crippen molar-refractivity contribution in [3.05, 3.63) is 189 Å². The third kappa shape index (κ3) is 7.18. The van der Waals surface area contributed by atoms with Gasteiger partial charge in [-0.05, 0) is 12.1 Å². The number of thiol groups is 1. The van der Waals surface area contributed by atoms with Crippen molar-refractivity contribution in [3.63, 3.8) is 0 Å². The average Bonchev–Trinajstić information content (AvgIpc) is 3.27. The van der Waals surface area contributed by atoms with Crippen LogP contribution in [0.5, 0.6) is 0 Å². The minimum absolute atomic E-state index is 0.884. The average molecular weight is 931 g/mol. The molecule has 0 amide bonds. The number of aromatic nitrogens is 1. The lowest BCUT2D eigenvalue weighted by molar-refractivity contribution is -0.662. The molecule has 0 spiro atoms. The van der Waals surface area contributed by atoms with Crippen LogP contribution in [0.2, 0.25) is 0 Å². The number of pyridine rings is 1. The highest BCUT2D eigenvalue weighted by Gasteiger charge is 2.52. The van der Waals surface area contributed by atoms with Crippen LogP contribution >= 0.6 is 12.6 Å². The lowest BCUT2D eigenvalue weighted by atomic mass is 9.12. The summed E-state index contributed by atoms with van der Waals surface area (Å²) in [4.78, 5) is 1.02. The molecule has 0 aliphatic heterocycles. The zero-order valence-electron chi connectivity index (χ0n) is 30.1. The molecule has 23 heteroatoms. The lowest BCUT2D eigenvalue weighted by Gasteiger charge is -2.44. The first-order valence-electron chi connectivity index (χ1n) is 16.9. The molecule has 0 saturated carbocycles. The summed E-state index contributed by atoms with van der Waals surface area (Å²) in [7, 11) is 0. The van der Waals surface area contributed by atoms with Crippen molar-refractivity contribution in [1.29, 1.82) is 0 Å². The number of nitrogens with zero attached hydrogens (tertiary/aromatic N) is 1. The maximum absolute atomic E-state index is 15.4. The van der Waals surface area contributed by atoms with Crippen molar-refractivity contribution >= 4 is 51.5 Å². The minimum Gasteiger partial charge on any atom is -0.207 e. The molecule has 7 aromatic rings. The largest absolute Gasteiger partial charge is 0.213 e. The molecule has 0 fully saturated rings. The predicted octanol–water partition coefficient (Wildman–Crippen LogP) is 9.31. The smallest absolute Gasteiger partial charge is 0.207 e. The van der Waals surface area contributed by atoms with Crippen LogP contribution in [0.4, 0.5) is 87.8 Å². The van der Waals surface area contributed by atoms with E-state index in [1.165, 1.54) is 16.5 Å². The molecular formula is C40H14BF20NS. The second kappa shape index (κ2) is 17.1. The van der Waals surface area contributed by atoms with Gasteiger partial charge in [-0.1, -0.05) is 36.4 Å². The van der Waals surface area contributed by atoms with Crippen molar-refractivity contribution in [2.45, 2.75) is 11.4 Å². The molecule has 0 unspecified atom stereocenters. The fraction of sp³-hybridized carbons (Fsp3) is 0.0250. The Hall–Kier alpha value is -6.26. The van der Waals surface area contributed by atoms with Gasteiger partial charge in [-0.25, -0.2) is 87.8 Å². The van der Waals surface area contributed by atoms with Gasteiger partial charge >= 0.3 is 0 Å². The van der Waals surface area contributed by atoms with Crippen molar-refractivity contribution in [3.8, 4) is 0 Å². The Bertz CT molecular complexity index is 2620. The van der Waals surface area contributed by atoms with E-state index in [1.54, 1.807) is 0 Å². The molecule has 0 aliphatic rings. The standard InChI is InChI=1S/C24BF20.C16H13NS/c26-5-1(6(27)14(35)21(42)13(5)34)25(2-7(28)15(36)22(43)16(37)8(2)29,3-9(30)17(38)23(44)18(39)10(3)31)4-11(32)19(40)24(45)20(41)12(4)33;18-16-10-4-9-15-14(16)8-5-11-17(15)12-13-6-2-1-3-7-13/h;1-11H,12H2/q-1;/p+1. The SMILES string of the molecule is Fc1c(F)c(F)c([B-](c2c(F)c(F)c(F)c(F)c2F)(c2c(F)c(F)c(F)c(F)c2F)c2c(F)c(F)c(F)c(F)c2F)c(F)c1F.Sc1cccc2c1ccc[n+]2Cc1ccccc1. The van der Waals surface area contributed by atoms with E-state index in [2.05, 4.69) is 65.9 Å². The van der Waals surface area contributed by atoms with Gasteiger partial charge < -0.3 is 0 Å². The number of benzene rings is 6. The molecule has 1 heterocycles. The van der Waals surface area contributed by atoms with Gasteiger partial charge in [0.05, 0.1) is 5.39 Å². The van der Waals surface area contributed by atoms with Crippen LogP contribution in [-0.2, 0) is 6.54 Å². The molecule has 63 heavy (non-hydrogen) atoms. The van der Waals surface area contributed by atoms with Gasteiger partial charge in [-0.2, -0.15) is 4.57 Å². The molecule has 0 radical (unpaired) electrons. The summed E-state index contributed by atoms with van der Waals surface area (Å²) in [5.41, 5.74) is -11.8. The first-order valence-corrected chi connectivity index (χ1v) is 17.4. The van der Waals surface area contributed by atoms with Crippen LogP contribution in [0.3, 0.4) is 0 Å². The number of halogens is 20. The van der Waals surface area contributed by atoms with E-state index in [4.69, 9.17) is 0 Å². The molecule has 0 aliphatic carbocycles. The van der Waals surface area contributed by atoms with E-state index in [0.717, 1.165) is 11.4 Å². The van der Waals surface area contributed by atoms with E-state index >= 15 is 35.1 Å². The molecule has 6 aromatic carbocycles. The minimum atomic E-state index is -7.22. The summed E-state index contributed by atoms with van der Waals surface area (Å²) in [5, 5.41) is 1.19. The van der Waals surface area contributed by atoms with Crippen molar-refractivity contribution in [2.75, 3.05) is 0 Å². The number of hydrogen-bond acceptors (Lipinski definition) is 1. The van der Waals surface area contributed by atoms with Crippen LogP contribution in [0, 0.1) is 116 Å². The lowest BCUT2D eigenvalue weighted by Crippen LogP contribution is -2.81. The second-order valence-corrected chi connectivity index (χ2v) is 13.6. The quantitative estimate of drug-likeness (QED) is 0.0424. The number of rotatable bonds is 6. The van der Waals surface area contributed by atoms with Gasteiger partial charge in [0.1, 0.15) is 52.7 Å². The Morgan fingerprint density at radius 2 is 0.635 bits per heavy atom. The monoisotopic (exact) mass is 931 g/mol. The van der Waals surface area contributed by atoms with Gasteiger partial charge in [0.2, 0.25) is 5.52 Å². The van der Waals surface area contributed by atoms with Gasteiger partial charge in [0.25, 0.3) is 0 Å². The Balaban J connectivity index is 0.000000302. The highest BCUT2D eigenvalue weighted by Crippen LogP contribution is 2.31. The topological polar surface area (TPSA) is 3.88 Å². The Kier molecular flexibility index (Phi) is 12.6. The first-order chi connectivity index (χ1) is 29.5. The summed E-state index contributed by atoms with van der Waals surface area (Å²) < 4.78 is 296. The van der Waals surface area contributed by atoms with Gasteiger partial charge in [0.15, 0.2) is 82.5 Å². The number of fused-ring (bicyclic) bond motifs is 1. The maximum atomic E-state index is 15.4. The molecule has 1 aromatic heterocycles. The molecule has 328 valence electrons. The van der Waals surface area contributed by atoms with Gasteiger partial charge in [-0.15, -0.1) is 34.5 Å². The highest BCUT2D eigenvalue weighted by molar-refractivity contribution is 7.80. The Morgan fingerprint density at radius 3 is 0.952 bits per heavy atom. The molecule has 7 rings (SSSR count). The molecule has 1 nitrogen and oxygen atoms in total. The molecule has 0 saturated heterocycles. The van der Waals surface area contributed by atoms with Gasteiger partial charge in [-0.3, -0.25) is 0 Å². The third-order valence-electron chi connectivity index (χ3n) is 9.80. The molecule has 0 bridgehead atoms. The fourth-order valence-corrected chi connectivity index (χ4v) is 7.35. The summed E-state index contributed by atoms with van der Waals surface area (Å²) in [6.07, 6.45) is -5.10. The number of hydrogen-bond donors (Lipinski definition) is 1. The van der Waals surface area contributed by atoms with Crippen LogP contribution in [-0.4, -0.2) is 6.15 Å². The van der Waals surface area contributed by atoms with Crippen LogP contribution in [0.1, 0.15) is 5.56 Å². The van der Waals surface area contributed by atoms with Crippen LogP contribution in [0.15, 0.2) is 71.8 Å². The second-order valence-electron chi connectivity index (χ2n) is 13.1. The van der Waals surface area contributed by atoms with Crippen molar-refractivity contribution in [2.24, 2.45) is 0 Å². The predicted molar refractivity (Wildman–Crippen MR) is 186 cm³/mol. The summed E-state index contributed by atoms with van der Waals surface area (Å²) in [6.45, 7) is 0.884. The van der Waals surface area contributed by atoms with Crippen LogP contribution < -0.4 is 26.4 Å². The Morgan fingerprint density at radius 1 is 0.333 bits per heavy atom. The summed E-state index contributed by atoms with van der Waals surface area (Å²) >= 11 is 4.51. The van der Waals surface area contributed by atoms with Gasteiger partial charge in [0, 0.05) is 22.6 Å². The summed E-state index contributed by atoms with van der Waals surface area (Å²) in [6, 6.07) is 20.9.